The number of anilines is 1. The van der Waals surface area contributed by atoms with E-state index in [1.165, 1.54) is 0 Å². The maximum absolute atomic E-state index is 13.0. The highest BCUT2D eigenvalue weighted by Crippen LogP contribution is 2.25. The fourth-order valence-electron chi connectivity index (χ4n) is 2.53. The summed E-state index contributed by atoms with van der Waals surface area (Å²) in [5.41, 5.74) is 2.54. The summed E-state index contributed by atoms with van der Waals surface area (Å²) in [5, 5.41) is 9.15. The van der Waals surface area contributed by atoms with Gasteiger partial charge in [0.1, 0.15) is 0 Å². The van der Waals surface area contributed by atoms with Crippen LogP contribution in [0.3, 0.4) is 0 Å². The van der Waals surface area contributed by atoms with Crippen molar-refractivity contribution in [3.05, 3.63) is 103 Å². The summed E-state index contributed by atoms with van der Waals surface area (Å²) in [4.78, 5) is 13.0. The lowest BCUT2D eigenvalue weighted by atomic mass is 9.90. The molecule has 2 heterocycles. The van der Waals surface area contributed by atoms with Gasteiger partial charge < -0.3 is 16.0 Å². The molecule has 120 valence electrons. The van der Waals surface area contributed by atoms with Crippen molar-refractivity contribution in [2.24, 2.45) is 5.92 Å². The van der Waals surface area contributed by atoms with Gasteiger partial charge in [0.2, 0.25) is 5.91 Å². The van der Waals surface area contributed by atoms with Gasteiger partial charge >= 0.3 is 0 Å². The van der Waals surface area contributed by atoms with Crippen LogP contribution in [0.4, 0.5) is 5.69 Å². The van der Waals surface area contributed by atoms with Gasteiger partial charge in [0.05, 0.1) is 5.92 Å². The summed E-state index contributed by atoms with van der Waals surface area (Å²) in [5.74, 6) is -0.516. The molecule has 0 bridgehead atoms. The molecule has 2 aliphatic heterocycles. The number of carbonyl (C=O) groups excluding carboxylic acids is 1. The van der Waals surface area contributed by atoms with E-state index in [0.717, 1.165) is 16.8 Å². The number of benzene rings is 1. The molecule has 4 nitrogen and oxygen atoms in total. The molecular formula is C20H19N3O. The van der Waals surface area contributed by atoms with E-state index in [0.29, 0.717) is 0 Å². The van der Waals surface area contributed by atoms with Gasteiger partial charge in [-0.1, -0.05) is 42.5 Å². The molecule has 3 N–H and O–H groups in total. The molecule has 0 fully saturated rings. The predicted molar refractivity (Wildman–Crippen MR) is 97.6 cm³/mol. The lowest BCUT2D eigenvalue weighted by molar-refractivity contribution is -0.117. The first-order valence-electron chi connectivity index (χ1n) is 7.79. The van der Waals surface area contributed by atoms with Crippen LogP contribution < -0.4 is 16.0 Å². The normalized spacial score (nSPS) is 15.7. The van der Waals surface area contributed by atoms with Crippen LogP contribution in [0.25, 0.3) is 0 Å². The summed E-state index contributed by atoms with van der Waals surface area (Å²) >= 11 is 0. The van der Waals surface area contributed by atoms with E-state index >= 15 is 0 Å². The molecule has 0 spiro atoms. The smallest absolute Gasteiger partial charge is 0.236 e. The second-order valence-corrected chi connectivity index (χ2v) is 5.35. The van der Waals surface area contributed by atoms with Gasteiger partial charge in [-0.05, 0) is 35.4 Å². The zero-order valence-electron chi connectivity index (χ0n) is 13.1. The Kier molecular flexibility index (Phi) is 5.10. The van der Waals surface area contributed by atoms with Crippen LogP contribution in [0.15, 0.2) is 103 Å². The van der Waals surface area contributed by atoms with Gasteiger partial charge in [-0.25, -0.2) is 0 Å². The van der Waals surface area contributed by atoms with Gasteiger partial charge in [0.25, 0.3) is 0 Å². The zero-order valence-corrected chi connectivity index (χ0v) is 13.1. The van der Waals surface area contributed by atoms with Gasteiger partial charge in [-0.15, -0.1) is 0 Å². The van der Waals surface area contributed by atoms with Crippen molar-refractivity contribution in [3.8, 4) is 0 Å². The quantitative estimate of drug-likeness (QED) is 0.798. The molecule has 0 aliphatic carbocycles. The van der Waals surface area contributed by atoms with E-state index in [4.69, 9.17) is 0 Å². The van der Waals surface area contributed by atoms with Crippen molar-refractivity contribution in [1.29, 1.82) is 0 Å². The van der Waals surface area contributed by atoms with E-state index in [9.17, 15) is 4.79 Å². The van der Waals surface area contributed by atoms with E-state index in [1.54, 1.807) is 0 Å². The summed E-state index contributed by atoms with van der Waals surface area (Å²) in [6, 6.07) is 9.48. The molecule has 0 unspecified atom stereocenters. The summed E-state index contributed by atoms with van der Waals surface area (Å²) < 4.78 is 0. The SMILES string of the molecule is O=C(Nc1ccccc1)C(C1=CNC=CC=C1)C1=CNC=CC=C1. The number of hydrogen-bond donors (Lipinski definition) is 3. The minimum Gasteiger partial charge on any atom is -0.367 e. The van der Waals surface area contributed by atoms with Crippen LogP contribution in [0.2, 0.25) is 0 Å². The van der Waals surface area contributed by atoms with Crippen LogP contribution in [0.5, 0.6) is 0 Å². The largest absolute Gasteiger partial charge is 0.367 e. The number of nitrogens with one attached hydrogen (secondary N) is 3. The number of rotatable bonds is 4. The maximum Gasteiger partial charge on any atom is 0.236 e. The van der Waals surface area contributed by atoms with E-state index in [1.807, 2.05) is 91.6 Å². The maximum atomic E-state index is 13.0. The molecule has 0 saturated carbocycles. The number of hydrogen-bond acceptors (Lipinski definition) is 3. The fourth-order valence-corrected chi connectivity index (χ4v) is 2.53. The minimum atomic E-state index is -0.433. The molecular weight excluding hydrogens is 298 g/mol. The molecule has 3 rings (SSSR count). The van der Waals surface area contributed by atoms with Crippen LogP contribution >= 0.6 is 0 Å². The first-order chi connectivity index (χ1) is 11.8. The van der Waals surface area contributed by atoms with Gasteiger partial charge in [-0.2, -0.15) is 0 Å². The first-order valence-corrected chi connectivity index (χ1v) is 7.79. The molecule has 24 heavy (non-hydrogen) atoms. The Hall–Kier alpha value is -3.27. The third-order valence-electron chi connectivity index (χ3n) is 3.65. The van der Waals surface area contributed by atoms with Crippen molar-refractivity contribution in [2.75, 3.05) is 5.32 Å². The molecule has 1 amide bonds. The number of allylic oxidation sites excluding steroid dienone is 6. The molecule has 1 aromatic carbocycles. The lowest BCUT2D eigenvalue weighted by Crippen LogP contribution is -2.26. The Labute approximate surface area is 141 Å². The fraction of sp³-hybridized carbons (Fsp3) is 0.0500. The second-order valence-electron chi connectivity index (χ2n) is 5.35. The van der Waals surface area contributed by atoms with E-state index in [-0.39, 0.29) is 5.91 Å². The Morgan fingerprint density at radius 3 is 2.00 bits per heavy atom. The van der Waals surface area contributed by atoms with Crippen molar-refractivity contribution in [2.45, 2.75) is 0 Å². The standard InChI is InChI=1S/C20H19N3O/c24-20(23-18-10-2-1-3-11-18)19(16-8-4-6-12-21-14-16)17-9-5-7-13-22-15-17/h1-15,19,21-22H,(H,23,24). The van der Waals surface area contributed by atoms with E-state index < -0.39 is 5.92 Å². The summed E-state index contributed by atoms with van der Waals surface area (Å²) in [7, 11) is 0. The molecule has 2 aliphatic rings. The molecule has 0 saturated heterocycles. The highest BCUT2D eigenvalue weighted by atomic mass is 16.1. The lowest BCUT2D eigenvalue weighted by Gasteiger charge is -2.19. The zero-order chi connectivity index (χ0) is 16.6. The Balaban J connectivity index is 1.91. The number of amides is 1. The van der Waals surface area contributed by atoms with Gasteiger partial charge in [-0.3, -0.25) is 4.79 Å². The van der Waals surface area contributed by atoms with Crippen molar-refractivity contribution < 1.29 is 4.79 Å². The predicted octanol–water partition coefficient (Wildman–Crippen LogP) is 3.36. The van der Waals surface area contributed by atoms with Crippen molar-refractivity contribution in [3.63, 3.8) is 0 Å². The van der Waals surface area contributed by atoms with Gasteiger partial charge in [0, 0.05) is 30.5 Å². The summed E-state index contributed by atoms with van der Waals surface area (Å²) in [6.45, 7) is 0. The topological polar surface area (TPSA) is 53.2 Å². The highest BCUT2D eigenvalue weighted by molar-refractivity contribution is 5.97. The number of carbonyl (C=O) groups is 1. The van der Waals surface area contributed by atoms with Crippen molar-refractivity contribution in [1.82, 2.24) is 10.6 Å². The van der Waals surface area contributed by atoms with E-state index in [2.05, 4.69) is 16.0 Å². The Bertz CT molecular complexity index is 727. The average Bonchev–Trinajstić information content (AvgIpc) is 3.02. The summed E-state index contributed by atoms with van der Waals surface area (Å²) in [6.07, 6.45) is 18.9. The van der Waals surface area contributed by atoms with Crippen LogP contribution in [0, 0.1) is 5.92 Å². The number of para-hydroxylation sites is 1. The monoisotopic (exact) mass is 317 g/mol. The van der Waals surface area contributed by atoms with Crippen LogP contribution in [-0.2, 0) is 4.79 Å². The Morgan fingerprint density at radius 1 is 0.833 bits per heavy atom. The molecule has 1 aromatic rings. The third-order valence-corrected chi connectivity index (χ3v) is 3.65. The van der Waals surface area contributed by atoms with Crippen LogP contribution in [-0.4, -0.2) is 5.91 Å². The molecule has 0 radical (unpaired) electrons. The highest BCUT2D eigenvalue weighted by Gasteiger charge is 2.25. The third kappa shape index (κ3) is 3.93. The van der Waals surface area contributed by atoms with Crippen molar-refractivity contribution >= 4 is 11.6 Å². The Morgan fingerprint density at radius 2 is 1.42 bits per heavy atom. The molecule has 4 heteroatoms. The molecule has 0 atom stereocenters. The first kappa shape index (κ1) is 15.6. The second kappa shape index (κ2) is 7.83. The van der Waals surface area contributed by atoms with Crippen LogP contribution in [0.1, 0.15) is 0 Å². The minimum absolute atomic E-state index is 0.0830. The average molecular weight is 317 g/mol. The van der Waals surface area contributed by atoms with Gasteiger partial charge in [0.15, 0.2) is 0 Å². The molecule has 0 aromatic heterocycles.